The van der Waals surface area contributed by atoms with Crippen molar-refractivity contribution >= 4 is 23.4 Å². The van der Waals surface area contributed by atoms with E-state index in [0.717, 1.165) is 18.2 Å². The van der Waals surface area contributed by atoms with Gasteiger partial charge in [-0.1, -0.05) is 11.6 Å². The molecule has 1 saturated heterocycles. The molecule has 7 nitrogen and oxygen atoms in total. The number of imide groups is 1. The highest BCUT2D eigenvalue weighted by atomic mass is 19.4. The molecule has 1 aliphatic heterocycles. The summed E-state index contributed by atoms with van der Waals surface area (Å²) < 4.78 is 42.6. The Labute approximate surface area is 191 Å². The van der Waals surface area contributed by atoms with E-state index in [9.17, 15) is 37.5 Å². The van der Waals surface area contributed by atoms with Gasteiger partial charge in [0.25, 0.3) is 0 Å². The Morgan fingerprint density at radius 2 is 1.82 bits per heavy atom. The summed E-state index contributed by atoms with van der Waals surface area (Å²) >= 11 is 0. The van der Waals surface area contributed by atoms with E-state index >= 15 is 0 Å². The molecule has 1 aromatic carbocycles. The van der Waals surface area contributed by atoms with E-state index in [1.165, 1.54) is 13.0 Å². The minimum Gasteiger partial charge on any atom is -0.508 e. The normalized spacial score (nSPS) is 28.6. The molecule has 0 aromatic heterocycles. The molecule has 34 heavy (non-hydrogen) atoms. The molecule has 1 aromatic rings. The van der Waals surface area contributed by atoms with Crippen molar-refractivity contribution in [1.82, 2.24) is 5.32 Å². The quantitative estimate of drug-likeness (QED) is 0.388. The fourth-order valence-electron chi connectivity index (χ4n) is 5.61. The van der Waals surface area contributed by atoms with Crippen LogP contribution in [0.1, 0.15) is 31.2 Å². The van der Waals surface area contributed by atoms with Gasteiger partial charge in [-0.3, -0.25) is 24.5 Å². The van der Waals surface area contributed by atoms with Crippen molar-refractivity contribution in [2.24, 2.45) is 17.8 Å². The van der Waals surface area contributed by atoms with Gasteiger partial charge in [0.15, 0.2) is 11.6 Å². The number of Topliss-reactive ketones (excluding diaryl/α,β-unsaturated/α-hetero) is 1. The maximum atomic E-state index is 13.1. The van der Waals surface area contributed by atoms with Crippen molar-refractivity contribution < 1.29 is 42.2 Å². The molecule has 1 heterocycles. The van der Waals surface area contributed by atoms with Crippen molar-refractivity contribution in [1.29, 1.82) is 0 Å². The Morgan fingerprint density at radius 1 is 1.09 bits per heavy atom. The monoisotopic (exact) mass is 473 g/mol. The Kier molecular flexibility index (Phi) is 4.82. The number of amides is 2. The molecule has 176 valence electrons. The molecule has 2 N–H and O–H groups in total. The smallest absolute Gasteiger partial charge is 0.508 e. The van der Waals surface area contributed by atoms with Gasteiger partial charge in [0.2, 0.25) is 11.8 Å². The SMILES string of the molecule is CC1=CC(=O)C2=C(CC3C(=CCC4C(=O)NC(=O)C43)C2c2cc(OC(F)(F)F)ccc2O)C1=O. The maximum absolute atomic E-state index is 13.1. The van der Waals surface area contributed by atoms with Crippen LogP contribution in [0.4, 0.5) is 13.2 Å². The first-order chi connectivity index (χ1) is 16.0. The number of phenols is 1. The highest BCUT2D eigenvalue weighted by Gasteiger charge is 2.53. The topological polar surface area (TPSA) is 110 Å². The van der Waals surface area contributed by atoms with Crippen molar-refractivity contribution in [3.05, 3.63) is 58.2 Å². The van der Waals surface area contributed by atoms with E-state index in [2.05, 4.69) is 10.1 Å². The molecule has 4 aliphatic rings. The number of hydrogen-bond acceptors (Lipinski definition) is 6. The molecule has 4 unspecified atom stereocenters. The van der Waals surface area contributed by atoms with Crippen LogP contribution in [0.2, 0.25) is 0 Å². The molecular weight excluding hydrogens is 455 g/mol. The van der Waals surface area contributed by atoms with Crippen LogP contribution in [0.25, 0.3) is 0 Å². The van der Waals surface area contributed by atoms with Crippen molar-refractivity contribution in [3.8, 4) is 11.5 Å². The second kappa shape index (κ2) is 7.41. The number of fused-ring (bicyclic) bond motifs is 3. The van der Waals surface area contributed by atoms with Crippen LogP contribution in [0, 0.1) is 17.8 Å². The third-order valence-electron chi connectivity index (χ3n) is 6.95. The molecule has 4 atom stereocenters. The first-order valence-electron chi connectivity index (χ1n) is 10.6. The minimum absolute atomic E-state index is 0.0365. The van der Waals surface area contributed by atoms with Crippen LogP contribution in [0.15, 0.2) is 52.6 Å². The van der Waals surface area contributed by atoms with Gasteiger partial charge in [-0.15, -0.1) is 13.2 Å². The van der Waals surface area contributed by atoms with Gasteiger partial charge in [-0.05, 0) is 50.0 Å². The molecule has 2 amide bonds. The van der Waals surface area contributed by atoms with Gasteiger partial charge in [0.05, 0.1) is 11.8 Å². The van der Waals surface area contributed by atoms with Gasteiger partial charge in [-0.2, -0.15) is 0 Å². The fraction of sp³-hybridized carbons (Fsp3) is 0.333. The first kappa shape index (κ1) is 22.1. The first-order valence-corrected chi connectivity index (χ1v) is 10.6. The number of hydrogen-bond donors (Lipinski definition) is 2. The van der Waals surface area contributed by atoms with Gasteiger partial charge >= 0.3 is 6.36 Å². The summed E-state index contributed by atoms with van der Waals surface area (Å²) in [5.74, 6) is -5.94. The number of phenolic OH excluding ortho intramolecular Hbond substituents is 1. The van der Waals surface area contributed by atoms with Crippen LogP contribution < -0.4 is 10.1 Å². The predicted octanol–water partition coefficient (Wildman–Crippen LogP) is 3.01. The predicted molar refractivity (Wildman–Crippen MR) is 109 cm³/mol. The molecule has 0 spiro atoms. The van der Waals surface area contributed by atoms with Crippen LogP contribution >= 0.6 is 0 Å². The Morgan fingerprint density at radius 3 is 2.53 bits per heavy atom. The van der Waals surface area contributed by atoms with Crippen molar-refractivity contribution in [2.75, 3.05) is 0 Å². The number of ketones is 2. The van der Waals surface area contributed by atoms with Crippen molar-refractivity contribution in [2.45, 2.75) is 32.0 Å². The molecule has 0 saturated carbocycles. The lowest BCUT2D eigenvalue weighted by Gasteiger charge is -2.42. The van der Waals surface area contributed by atoms with Crippen LogP contribution in [0.5, 0.6) is 11.5 Å². The summed E-state index contributed by atoms with van der Waals surface area (Å²) in [5, 5.41) is 12.9. The number of carbonyl (C=O) groups excluding carboxylic acids is 4. The van der Waals surface area contributed by atoms with Crippen LogP contribution in [0.3, 0.4) is 0 Å². The molecule has 0 bridgehead atoms. The molecule has 3 aliphatic carbocycles. The summed E-state index contributed by atoms with van der Waals surface area (Å²) in [6, 6.07) is 2.94. The third-order valence-corrected chi connectivity index (χ3v) is 6.95. The number of alkyl halides is 3. The molecule has 5 rings (SSSR count). The van der Waals surface area contributed by atoms with Gasteiger partial charge < -0.3 is 9.84 Å². The maximum Gasteiger partial charge on any atom is 0.573 e. The number of ether oxygens (including phenoxy) is 1. The lowest BCUT2D eigenvalue weighted by atomic mass is 9.59. The van der Waals surface area contributed by atoms with Crippen molar-refractivity contribution in [3.63, 3.8) is 0 Å². The third kappa shape index (κ3) is 3.36. The van der Waals surface area contributed by atoms with Crippen LogP contribution in [-0.2, 0) is 19.2 Å². The lowest BCUT2D eigenvalue weighted by Crippen LogP contribution is -2.39. The number of rotatable bonds is 2. The zero-order valence-electron chi connectivity index (χ0n) is 17.7. The molecule has 10 heteroatoms. The molecule has 1 fully saturated rings. The molecule has 0 radical (unpaired) electrons. The zero-order valence-corrected chi connectivity index (χ0v) is 17.7. The van der Waals surface area contributed by atoms with Crippen LogP contribution in [-0.4, -0.2) is 34.8 Å². The van der Waals surface area contributed by atoms with E-state index in [4.69, 9.17) is 0 Å². The Hall–Kier alpha value is -3.69. The average molecular weight is 473 g/mol. The summed E-state index contributed by atoms with van der Waals surface area (Å²) in [5.41, 5.74) is 0.862. The minimum atomic E-state index is -4.98. The number of allylic oxidation sites excluding steroid dienone is 6. The fourth-order valence-corrected chi connectivity index (χ4v) is 5.61. The second-order valence-corrected chi connectivity index (χ2v) is 8.85. The number of benzene rings is 1. The van der Waals surface area contributed by atoms with E-state index in [0.29, 0.717) is 5.57 Å². The van der Waals surface area contributed by atoms with E-state index in [-0.39, 0.29) is 35.1 Å². The average Bonchev–Trinajstić information content (AvgIpc) is 3.05. The van der Waals surface area contributed by atoms with Gasteiger partial charge in [-0.25, -0.2) is 0 Å². The number of halogens is 3. The largest absolute Gasteiger partial charge is 0.573 e. The standard InChI is InChI=1S/C24H18F3NO6/c1-9-6-17(30)20-15(21(9)31)8-13-11(3-4-12-19(13)23(33)28-22(12)32)18(20)14-7-10(2-5-16(14)29)34-24(25,26)27/h2-3,5-7,12-13,18-19,29H,4,8H2,1H3,(H,28,32,33). The number of nitrogens with one attached hydrogen (secondary N) is 1. The lowest BCUT2D eigenvalue weighted by molar-refractivity contribution is -0.274. The summed E-state index contributed by atoms with van der Waals surface area (Å²) in [6.45, 7) is 1.48. The molecular formula is C24H18F3NO6. The number of aromatic hydroxyl groups is 1. The summed E-state index contributed by atoms with van der Waals surface area (Å²) in [6.07, 6.45) is -1.90. The van der Waals surface area contributed by atoms with Gasteiger partial charge in [0, 0.05) is 28.2 Å². The second-order valence-electron chi connectivity index (χ2n) is 8.85. The number of carbonyl (C=O) groups is 4. The Balaban J connectivity index is 1.71. The van der Waals surface area contributed by atoms with E-state index < -0.39 is 64.9 Å². The summed E-state index contributed by atoms with van der Waals surface area (Å²) in [4.78, 5) is 51.0. The van der Waals surface area contributed by atoms with E-state index in [1.54, 1.807) is 6.08 Å². The highest BCUT2D eigenvalue weighted by Crippen LogP contribution is 2.55. The van der Waals surface area contributed by atoms with Gasteiger partial charge in [0.1, 0.15) is 11.5 Å². The zero-order chi connectivity index (χ0) is 24.5. The van der Waals surface area contributed by atoms with E-state index in [1.807, 2.05) is 0 Å². The highest BCUT2D eigenvalue weighted by molar-refractivity contribution is 6.23. The Bertz CT molecular complexity index is 1270. The summed E-state index contributed by atoms with van der Waals surface area (Å²) in [7, 11) is 0.